The van der Waals surface area contributed by atoms with E-state index in [9.17, 15) is 4.79 Å². The number of nitrogens with zero attached hydrogens (tertiary/aromatic N) is 1. The summed E-state index contributed by atoms with van der Waals surface area (Å²) in [5.74, 6) is 0.538. The number of carbonyl (C=O) groups is 1. The van der Waals surface area contributed by atoms with Crippen LogP contribution in [0.4, 0.5) is 0 Å². The van der Waals surface area contributed by atoms with Gasteiger partial charge >= 0.3 is 5.97 Å². The van der Waals surface area contributed by atoms with Gasteiger partial charge in [0.25, 0.3) is 0 Å². The van der Waals surface area contributed by atoms with Crippen LogP contribution in [-0.4, -0.2) is 22.7 Å². The molecule has 4 nitrogen and oxygen atoms in total. The molecule has 0 unspecified atom stereocenters. The first-order valence-corrected chi connectivity index (χ1v) is 6.53. The van der Waals surface area contributed by atoms with Gasteiger partial charge in [-0.25, -0.2) is 4.98 Å². The third-order valence-corrected chi connectivity index (χ3v) is 3.37. The lowest BCUT2D eigenvalue weighted by molar-refractivity contribution is -0.136. The lowest BCUT2D eigenvalue weighted by atomic mass is 10.1. The van der Waals surface area contributed by atoms with E-state index in [1.165, 1.54) is 25.7 Å². The molecule has 1 aliphatic rings. The molecule has 4 heteroatoms. The zero-order valence-corrected chi connectivity index (χ0v) is 10.5. The zero-order chi connectivity index (χ0) is 12.8. The second-order valence-corrected chi connectivity index (χ2v) is 4.86. The van der Waals surface area contributed by atoms with Crippen LogP contribution < -0.4 is 4.74 Å². The quantitative estimate of drug-likeness (QED) is 0.842. The predicted molar refractivity (Wildman–Crippen MR) is 67.6 cm³/mol. The maximum absolute atomic E-state index is 10.4. The van der Waals surface area contributed by atoms with Crippen LogP contribution in [0, 0.1) is 5.92 Å². The molecule has 18 heavy (non-hydrogen) atoms. The van der Waals surface area contributed by atoms with E-state index < -0.39 is 5.97 Å². The van der Waals surface area contributed by atoms with Gasteiger partial charge in [-0.05, 0) is 30.7 Å². The Bertz CT molecular complexity index is 383. The Balaban J connectivity index is 1.77. The normalized spacial score (nSPS) is 15.8. The smallest absolute Gasteiger partial charge is 0.303 e. The van der Waals surface area contributed by atoms with Crippen LogP contribution in [0.1, 0.15) is 37.7 Å². The Kier molecular flexibility index (Phi) is 4.56. The average Bonchev–Trinajstić information content (AvgIpc) is 2.88. The number of aryl methyl sites for hydroxylation is 1. The molecule has 1 saturated carbocycles. The molecule has 0 saturated heterocycles. The predicted octanol–water partition coefficient (Wildman–Crippen LogP) is 2.67. The van der Waals surface area contributed by atoms with Crippen molar-refractivity contribution in [1.82, 2.24) is 4.98 Å². The van der Waals surface area contributed by atoms with Crippen molar-refractivity contribution in [2.45, 2.75) is 38.5 Å². The fraction of sp³-hybridized carbons (Fsp3) is 0.571. The third-order valence-electron chi connectivity index (χ3n) is 3.37. The van der Waals surface area contributed by atoms with E-state index in [0.717, 1.165) is 12.2 Å². The fourth-order valence-electron chi connectivity index (χ4n) is 2.28. The van der Waals surface area contributed by atoms with Gasteiger partial charge in [0, 0.05) is 18.7 Å². The summed E-state index contributed by atoms with van der Waals surface area (Å²) >= 11 is 0. The van der Waals surface area contributed by atoms with Crippen LogP contribution >= 0.6 is 0 Å². The molecule has 1 aliphatic carbocycles. The van der Waals surface area contributed by atoms with E-state index in [1.807, 2.05) is 12.1 Å². The molecule has 1 aromatic heterocycles. The molecular weight excluding hydrogens is 230 g/mol. The van der Waals surface area contributed by atoms with Crippen LogP contribution in [-0.2, 0) is 11.2 Å². The Morgan fingerprint density at radius 2 is 2.17 bits per heavy atom. The molecule has 1 aromatic rings. The Hall–Kier alpha value is -1.58. The minimum Gasteiger partial charge on any atom is -0.481 e. The van der Waals surface area contributed by atoms with Crippen molar-refractivity contribution in [3.05, 3.63) is 23.9 Å². The lowest BCUT2D eigenvalue weighted by Crippen LogP contribution is -2.08. The second-order valence-electron chi connectivity index (χ2n) is 4.86. The van der Waals surface area contributed by atoms with E-state index in [0.29, 0.717) is 18.2 Å². The van der Waals surface area contributed by atoms with Gasteiger partial charge in [-0.15, -0.1) is 0 Å². The number of hydrogen-bond acceptors (Lipinski definition) is 3. The van der Waals surface area contributed by atoms with E-state index in [1.54, 1.807) is 6.20 Å². The number of carboxylic acids is 1. The molecule has 0 bridgehead atoms. The van der Waals surface area contributed by atoms with Crippen LogP contribution in [0.25, 0.3) is 0 Å². The first kappa shape index (κ1) is 12.9. The van der Waals surface area contributed by atoms with Crippen LogP contribution in [0.3, 0.4) is 0 Å². The topological polar surface area (TPSA) is 59.4 Å². The highest BCUT2D eigenvalue weighted by atomic mass is 16.5. The highest BCUT2D eigenvalue weighted by Crippen LogP contribution is 2.25. The van der Waals surface area contributed by atoms with Crippen LogP contribution in [0.5, 0.6) is 5.88 Å². The fourth-order valence-corrected chi connectivity index (χ4v) is 2.28. The number of ether oxygens (including phenoxy) is 1. The van der Waals surface area contributed by atoms with E-state index in [4.69, 9.17) is 9.84 Å². The van der Waals surface area contributed by atoms with Gasteiger partial charge < -0.3 is 9.84 Å². The number of hydrogen-bond donors (Lipinski definition) is 1. The molecule has 2 rings (SSSR count). The van der Waals surface area contributed by atoms with Gasteiger partial charge in [-0.1, -0.05) is 18.9 Å². The molecule has 1 N–H and O–H groups in total. The summed E-state index contributed by atoms with van der Waals surface area (Å²) in [7, 11) is 0. The van der Waals surface area contributed by atoms with Crippen LogP contribution in [0.2, 0.25) is 0 Å². The molecule has 0 radical (unpaired) electrons. The molecule has 1 heterocycles. The minimum atomic E-state index is -0.781. The summed E-state index contributed by atoms with van der Waals surface area (Å²) < 4.78 is 5.64. The first-order valence-electron chi connectivity index (χ1n) is 6.53. The number of aromatic nitrogens is 1. The summed E-state index contributed by atoms with van der Waals surface area (Å²) in [6, 6.07) is 3.71. The van der Waals surface area contributed by atoms with Gasteiger partial charge in [-0.2, -0.15) is 0 Å². The van der Waals surface area contributed by atoms with Crippen molar-refractivity contribution in [3.63, 3.8) is 0 Å². The first-order chi connectivity index (χ1) is 8.74. The second kappa shape index (κ2) is 6.38. The molecular formula is C14H19NO3. The van der Waals surface area contributed by atoms with Gasteiger partial charge in [0.2, 0.25) is 5.88 Å². The lowest BCUT2D eigenvalue weighted by Gasteiger charge is -2.10. The molecule has 0 aromatic carbocycles. The Morgan fingerprint density at radius 1 is 1.39 bits per heavy atom. The van der Waals surface area contributed by atoms with Crippen molar-refractivity contribution >= 4 is 5.97 Å². The summed E-state index contributed by atoms with van der Waals surface area (Å²) in [5.41, 5.74) is 0.936. The molecule has 1 fully saturated rings. The number of aliphatic carboxylic acids is 1. The van der Waals surface area contributed by atoms with E-state index in [2.05, 4.69) is 4.98 Å². The summed E-state index contributed by atoms with van der Waals surface area (Å²) in [6.45, 7) is 0.751. The molecule has 0 spiro atoms. The Morgan fingerprint density at radius 3 is 2.78 bits per heavy atom. The molecule has 0 amide bonds. The van der Waals surface area contributed by atoms with Crippen molar-refractivity contribution < 1.29 is 14.6 Å². The van der Waals surface area contributed by atoms with Gasteiger partial charge in [0.15, 0.2) is 0 Å². The minimum absolute atomic E-state index is 0.143. The zero-order valence-electron chi connectivity index (χ0n) is 10.5. The maximum Gasteiger partial charge on any atom is 0.303 e. The summed E-state index contributed by atoms with van der Waals surface area (Å²) in [6.07, 6.45) is 7.51. The largest absolute Gasteiger partial charge is 0.481 e. The van der Waals surface area contributed by atoms with Crippen molar-refractivity contribution in [2.75, 3.05) is 6.61 Å². The highest BCUT2D eigenvalue weighted by Gasteiger charge is 2.15. The van der Waals surface area contributed by atoms with Crippen molar-refractivity contribution in [2.24, 2.45) is 5.92 Å². The number of rotatable bonds is 6. The standard InChI is InChI=1S/C14H19NO3/c16-14(17)8-6-11-5-7-13(15-9-11)18-10-12-3-1-2-4-12/h5,7,9,12H,1-4,6,8,10H2,(H,16,17). The van der Waals surface area contributed by atoms with Gasteiger partial charge in [0.05, 0.1) is 6.61 Å². The number of pyridine rings is 1. The van der Waals surface area contributed by atoms with Crippen LogP contribution in [0.15, 0.2) is 18.3 Å². The van der Waals surface area contributed by atoms with E-state index >= 15 is 0 Å². The van der Waals surface area contributed by atoms with Crippen molar-refractivity contribution in [1.29, 1.82) is 0 Å². The average molecular weight is 249 g/mol. The molecule has 0 aliphatic heterocycles. The number of carboxylic acid groups (broad SMARTS) is 1. The highest BCUT2D eigenvalue weighted by molar-refractivity contribution is 5.67. The van der Waals surface area contributed by atoms with E-state index in [-0.39, 0.29) is 6.42 Å². The summed E-state index contributed by atoms with van der Waals surface area (Å²) in [5, 5.41) is 8.59. The molecule has 98 valence electrons. The SMILES string of the molecule is O=C(O)CCc1ccc(OCC2CCCC2)nc1. The Labute approximate surface area is 107 Å². The van der Waals surface area contributed by atoms with Gasteiger partial charge in [0.1, 0.15) is 0 Å². The van der Waals surface area contributed by atoms with Crippen molar-refractivity contribution in [3.8, 4) is 5.88 Å². The maximum atomic E-state index is 10.4. The van der Waals surface area contributed by atoms with Gasteiger partial charge in [-0.3, -0.25) is 4.79 Å². The third kappa shape index (κ3) is 4.02. The molecule has 0 atom stereocenters. The summed E-state index contributed by atoms with van der Waals surface area (Å²) in [4.78, 5) is 14.6. The monoisotopic (exact) mass is 249 g/mol.